The summed E-state index contributed by atoms with van der Waals surface area (Å²) in [5, 5.41) is 2.88. The van der Waals surface area contributed by atoms with Crippen LogP contribution >= 0.6 is 15.9 Å². The maximum Gasteiger partial charge on any atom is 0.241 e. The van der Waals surface area contributed by atoms with E-state index in [1.54, 1.807) is 0 Å². The molecule has 0 aliphatic carbocycles. The third kappa shape index (κ3) is 7.71. The SMILES string of the molecule is CN(C)CCCC[C@H](N)C(=O)Nc1ccc(COc2ccccc2Br)cc1. The molecule has 1 atom stereocenters. The predicted octanol–water partition coefficient (Wildman–Crippen LogP) is 4.03. The van der Waals surface area contributed by atoms with Crippen LogP contribution in [0.1, 0.15) is 24.8 Å². The summed E-state index contributed by atoms with van der Waals surface area (Å²) in [5.41, 5.74) is 7.76. The molecule has 3 N–H and O–H groups in total. The van der Waals surface area contributed by atoms with E-state index >= 15 is 0 Å². The Morgan fingerprint density at radius 2 is 1.85 bits per heavy atom. The summed E-state index contributed by atoms with van der Waals surface area (Å²) in [6.45, 7) is 1.47. The molecule has 2 rings (SSSR count). The van der Waals surface area contributed by atoms with Gasteiger partial charge >= 0.3 is 0 Å². The quantitative estimate of drug-likeness (QED) is 0.555. The van der Waals surface area contributed by atoms with Gasteiger partial charge in [-0.25, -0.2) is 0 Å². The van der Waals surface area contributed by atoms with E-state index in [-0.39, 0.29) is 5.91 Å². The monoisotopic (exact) mass is 433 g/mol. The average molecular weight is 434 g/mol. The minimum atomic E-state index is -0.481. The summed E-state index contributed by atoms with van der Waals surface area (Å²) in [5.74, 6) is 0.659. The molecule has 0 aliphatic heterocycles. The van der Waals surface area contributed by atoms with Crippen molar-refractivity contribution in [2.24, 2.45) is 5.73 Å². The number of ether oxygens (including phenoxy) is 1. The van der Waals surface area contributed by atoms with Crippen LogP contribution in [0, 0.1) is 0 Å². The summed E-state index contributed by atoms with van der Waals surface area (Å²) in [4.78, 5) is 14.3. The average Bonchev–Trinajstić information content (AvgIpc) is 2.65. The molecule has 0 saturated carbocycles. The highest BCUT2D eigenvalue weighted by atomic mass is 79.9. The molecule has 27 heavy (non-hydrogen) atoms. The number of unbranched alkanes of at least 4 members (excludes halogenated alkanes) is 1. The van der Waals surface area contributed by atoms with Crippen LogP contribution in [0.3, 0.4) is 0 Å². The Bertz CT molecular complexity index is 720. The molecule has 0 radical (unpaired) electrons. The number of amides is 1. The second-order valence-electron chi connectivity index (χ2n) is 6.81. The van der Waals surface area contributed by atoms with Crippen LogP contribution < -0.4 is 15.8 Å². The van der Waals surface area contributed by atoms with Crippen molar-refractivity contribution < 1.29 is 9.53 Å². The van der Waals surface area contributed by atoms with Crippen LogP contribution in [-0.2, 0) is 11.4 Å². The summed E-state index contributed by atoms with van der Waals surface area (Å²) in [6, 6.07) is 14.9. The summed E-state index contributed by atoms with van der Waals surface area (Å²) >= 11 is 3.46. The second-order valence-corrected chi connectivity index (χ2v) is 7.67. The molecule has 146 valence electrons. The van der Waals surface area contributed by atoms with E-state index in [4.69, 9.17) is 10.5 Å². The first-order valence-corrected chi connectivity index (χ1v) is 9.92. The molecule has 0 bridgehead atoms. The highest BCUT2D eigenvalue weighted by Gasteiger charge is 2.13. The predicted molar refractivity (Wildman–Crippen MR) is 114 cm³/mol. The van der Waals surface area contributed by atoms with Crippen molar-refractivity contribution in [2.75, 3.05) is 26.0 Å². The van der Waals surface area contributed by atoms with Gasteiger partial charge in [0.25, 0.3) is 0 Å². The number of carbonyl (C=O) groups is 1. The highest BCUT2D eigenvalue weighted by Crippen LogP contribution is 2.24. The second kappa shape index (κ2) is 11.1. The number of hydrogen-bond donors (Lipinski definition) is 2. The number of nitrogens with zero attached hydrogens (tertiary/aromatic N) is 1. The van der Waals surface area contributed by atoms with Gasteiger partial charge in [-0.15, -0.1) is 0 Å². The van der Waals surface area contributed by atoms with Crippen LogP contribution in [-0.4, -0.2) is 37.5 Å². The maximum absolute atomic E-state index is 12.2. The van der Waals surface area contributed by atoms with Gasteiger partial charge in [0, 0.05) is 5.69 Å². The zero-order chi connectivity index (χ0) is 19.6. The number of carbonyl (C=O) groups excluding carboxylic acids is 1. The van der Waals surface area contributed by atoms with E-state index in [1.165, 1.54) is 0 Å². The Morgan fingerprint density at radius 3 is 2.52 bits per heavy atom. The lowest BCUT2D eigenvalue weighted by Crippen LogP contribution is -2.35. The number of hydrogen-bond acceptors (Lipinski definition) is 4. The minimum absolute atomic E-state index is 0.142. The molecule has 0 fully saturated rings. The van der Waals surface area contributed by atoms with Gasteiger partial charge in [0.05, 0.1) is 10.5 Å². The molecule has 2 aromatic carbocycles. The molecule has 0 aliphatic rings. The van der Waals surface area contributed by atoms with Crippen LogP contribution in [0.4, 0.5) is 5.69 Å². The minimum Gasteiger partial charge on any atom is -0.488 e. The van der Waals surface area contributed by atoms with Crippen molar-refractivity contribution in [3.05, 3.63) is 58.6 Å². The van der Waals surface area contributed by atoms with Gasteiger partial charge in [-0.2, -0.15) is 0 Å². The number of para-hydroxylation sites is 1. The third-order valence-electron chi connectivity index (χ3n) is 4.16. The molecular formula is C21H28BrN3O2. The van der Waals surface area contributed by atoms with Gasteiger partial charge < -0.3 is 20.7 Å². The van der Waals surface area contributed by atoms with E-state index in [9.17, 15) is 4.79 Å². The van der Waals surface area contributed by atoms with E-state index in [1.807, 2.05) is 62.6 Å². The molecule has 6 heteroatoms. The fourth-order valence-electron chi connectivity index (χ4n) is 2.57. The van der Waals surface area contributed by atoms with Gasteiger partial charge in [-0.3, -0.25) is 4.79 Å². The Kier molecular flexibility index (Phi) is 8.78. The highest BCUT2D eigenvalue weighted by molar-refractivity contribution is 9.10. The van der Waals surface area contributed by atoms with E-state index < -0.39 is 6.04 Å². The number of benzene rings is 2. The molecule has 1 amide bonds. The summed E-state index contributed by atoms with van der Waals surface area (Å²) in [7, 11) is 4.08. The standard InChI is InChI=1S/C21H28BrN3O2/c1-25(2)14-6-5-8-19(23)21(26)24-17-12-10-16(11-13-17)15-27-20-9-4-3-7-18(20)22/h3-4,7,9-13,19H,5-6,8,14-15,23H2,1-2H3,(H,24,26)/t19-/m0/s1. The molecule has 5 nitrogen and oxygen atoms in total. The zero-order valence-electron chi connectivity index (χ0n) is 16.0. The Balaban J connectivity index is 1.77. The Labute approximate surface area is 170 Å². The van der Waals surface area contributed by atoms with E-state index in [2.05, 4.69) is 26.1 Å². The largest absolute Gasteiger partial charge is 0.488 e. The fraction of sp³-hybridized carbons (Fsp3) is 0.381. The van der Waals surface area contributed by atoms with Gasteiger partial charge in [-0.1, -0.05) is 30.7 Å². The molecule has 0 heterocycles. The Hall–Kier alpha value is -1.89. The van der Waals surface area contributed by atoms with Crippen molar-refractivity contribution in [3.8, 4) is 5.75 Å². The van der Waals surface area contributed by atoms with Crippen LogP contribution in [0.5, 0.6) is 5.75 Å². The number of halogens is 1. The lowest BCUT2D eigenvalue weighted by Gasteiger charge is -2.14. The molecule has 0 unspecified atom stereocenters. The van der Waals surface area contributed by atoms with Gasteiger partial charge in [-0.05, 0) is 79.2 Å². The van der Waals surface area contributed by atoms with Crippen molar-refractivity contribution >= 4 is 27.5 Å². The number of anilines is 1. The van der Waals surface area contributed by atoms with Crippen molar-refractivity contribution in [1.29, 1.82) is 0 Å². The molecule has 0 spiro atoms. The lowest BCUT2D eigenvalue weighted by atomic mass is 10.1. The van der Waals surface area contributed by atoms with Crippen molar-refractivity contribution in [2.45, 2.75) is 31.9 Å². The number of nitrogens with two attached hydrogens (primary N) is 1. The third-order valence-corrected chi connectivity index (χ3v) is 4.81. The van der Waals surface area contributed by atoms with Crippen molar-refractivity contribution in [3.63, 3.8) is 0 Å². The van der Waals surface area contributed by atoms with E-state index in [0.29, 0.717) is 13.0 Å². The van der Waals surface area contributed by atoms with E-state index in [0.717, 1.165) is 40.9 Å². The maximum atomic E-state index is 12.2. The summed E-state index contributed by atoms with van der Waals surface area (Å²) < 4.78 is 6.72. The molecular weight excluding hydrogens is 406 g/mol. The first kappa shape index (κ1) is 21.4. The van der Waals surface area contributed by atoms with Crippen LogP contribution in [0.25, 0.3) is 0 Å². The molecule has 0 aromatic heterocycles. The van der Waals surface area contributed by atoms with Gasteiger partial charge in [0.15, 0.2) is 0 Å². The molecule has 0 saturated heterocycles. The molecule has 2 aromatic rings. The zero-order valence-corrected chi connectivity index (χ0v) is 17.5. The number of rotatable bonds is 10. The summed E-state index contributed by atoms with van der Waals surface area (Å²) in [6.07, 6.45) is 2.68. The van der Waals surface area contributed by atoms with Crippen LogP contribution in [0.2, 0.25) is 0 Å². The van der Waals surface area contributed by atoms with Crippen LogP contribution in [0.15, 0.2) is 53.0 Å². The van der Waals surface area contributed by atoms with Gasteiger partial charge in [0.2, 0.25) is 5.91 Å². The smallest absolute Gasteiger partial charge is 0.241 e. The normalized spacial score (nSPS) is 12.0. The number of nitrogens with one attached hydrogen (secondary N) is 1. The van der Waals surface area contributed by atoms with Gasteiger partial charge in [0.1, 0.15) is 12.4 Å². The first-order valence-electron chi connectivity index (χ1n) is 9.13. The van der Waals surface area contributed by atoms with Crippen molar-refractivity contribution in [1.82, 2.24) is 4.90 Å². The fourth-order valence-corrected chi connectivity index (χ4v) is 2.96. The topological polar surface area (TPSA) is 67.6 Å². The lowest BCUT2D eigenvalue weighted by molar-refractivity contribution is -0.117. The Morgan fingerprint density at radius 1 is 1.15 bits per heavy atom. The first-order chi connectivity index (χ1) is 13.0.